The minimum absolute atomic E-state index is 0.0794. The number of likely N-dealkylation sites (tertiary alicyclic amines) is 1. The molecular weight excluding hydrogens is 320 g/mol. The largest absolute Gasteiger partial charge is 0.481 e. The van der Waals surface area contributed by atoms with Crippen LogP contribution in [0.15, 0.2) is 48.5 Å². The van der Waals surface area contributed by atoms with Crippen molar-refractivity contribution in [3.63, 3.8) is 0 Å². The molecule has 6 nitrogen and oxygen atoms in total. The molecule has 0 aromatic heterocycles. The monoisotopic (exact) mass is 340 g/mol. The SMILES string of the molecule is CC(Oc1cccc(-c2ccc(C(=O)N3CC(O)C3)cc2)c1)C(N)=O. The maximum Gasteiger partial charge on any atom is 0.258 e. The van der Waals surface area contributed by atoms with Crippen LogP contribution in [0, 0.1) is 0 Å². The number of amides is 2. The molecule has 25 heavy (non-hydrogen) atoms. The van der Waals surface area contributed by atoms with Crippen LogP contribution in [0.5, 0.6) is 5.75 Å². The van der Waals surface area contributed by atoms with E-state index in [4.69, 9.17) is 10.5 Å². The van der Waals surface area contributed by atoms with Gasteiger partial charge in [-0.05, 0) is 42.3 Å². The molecule has 2 aromatic carbocycles. The van der Waals surface area contributed by atoms with E-state index in [2.05, 4.69) is 0 Å². The van der Waals surface area contributed by atoms with Crippen LogP contribution < -0.4 is 10.5 Å². The Hall–Kier alpha value is -2.86. The van der Waals surface area contributed by atoms with Crippen LogP contribution in [0.3, 0.4) is 0 Å². The van der Waals surface area contributed by atoms with Crippen molar-refractivity contribution in [3.05, 3.63) is 54.1 Å². The van der Waals surface area contributed by atoms with Gasteiger partial charge in [-0.15, -0.1) is 0 Å². The first-order chi connectivity index (χ1) is 11.9. The molecule has 1 fully saturated rings. The first-order valence-electron chi connectivity index (χ1n) is 8.08. The fraction of sp³-hybridized carbons (Fsp3) is 0.263. The number of benzene rings is 2. The lowest BCUT2D eigenvalue weighted by molar-refractivity contribution is -0.123. The number of β-amino-alcohol motifs (C(OH)–C–C–N with tert-alkyl or cyclic N) is 1. The molecule has 2 amide bonds. The van der Waals surface area contributed by atoms with Gasteiger partial charge in [-0.2, -0.15) is 0 Å². The third-order valence-electron chi connectivity index (χ3n) is 4.16. The number of nitrogens with two attached hydrogens (primary N) is 1. The number of aliphatic hydroxyl groups excluding tert-OH is 1. The third-order valence-corrected chi connectivity index (χ3v) is 4.16. The minimum atomic E-state index is -0.706. The molecule has 0 bridgehead atoms. The number of aliphatic hydroxyl groups is 1. The second-order valence-corrected chi connectivity index (χ2v) is 6.13. The van der Waals surface area contributed by atoms with E-state index in [1.807, 2.05) is 30.3 Å². The van der Waals surface area contributed by atoms with Gasteiger partial charge in [-0.1, -0.05) is 24.3 Å². The smallest absolute Gasteiger partial charge is 0.258 e. The van der Waals surface area contributed by atoms with Crippen molar-refractivity contribution in [2.45, 2.75) is 19.1 Å². The van der Waals surface area contributed by atoms with Gasteiger partial charge < -0.3 is 20.5 Å². The summed E-state index contributed by atoms with van der Waals surface area (Å²) in [6.07, 6.45) is -1.11. The zero-order valence-corrected chi connectivity index (χ0v) is 13.9. The molecule has 1 heterocycles. The highest BCUT2D eigenvalue weighted by Crippen LogP contribution is 2.25. The molecule has 3 rings (SSSR count). The number of hydrogen-bond donors (Lipinski definition) is 2. The second kappa shape index (κ2) is 6.94. The predicted molar refractivity (Wildman–Crippen MR) is 93.1 cm³/mol. The molecular formula is C19H20N2O4. The predicted octanol–water partition coefficient (Wildman–Crippen LogP) is 1.42. The number of ether oxygens (including phenoxy) is 1. The molecule has 1 saturated heterocycles. The van der Waals surface area contributed by atoms with E-state index in [1.54, 1.807) is 30.0 Å². The number of primary amides is 1. The quantitative estimate of drug-likeness (QED) is 0.861. The van der Waals surface area contributed by atoms with E-state index >= 15 is 0 Å². The number of hydrogen-bond acceptors (Lipinski definition) is 4. The number of rotatable bonds is 5. The lowest BCUT2D eigenvalue weighted by Gasteiger charge is -2.35. The van der Waals surface area contributed by atoms with Crippen molar-refractivity contribution in [2.75, 3.05) is 13.1 Å². The Morgan fingerprint density at radius 1 is 1.16 bits per heavy atom. The van der Waals surface area contributed by atoms with Gasteiger partial charge in [0.25, 0.3) is 11.8 Å². The summed E-state index contributed by atoms with van der Waals surface area (Å²) in [7, 11) is 0. The summed E-state index contributed by atoms with van der Waals surface area (Å²) in [6, 6.07) is 14.6. The van der Waals surface area contributed by atoms with Crippen molar-refractivity contribution in [2.24, 2.45) is 5.73 Å². The highest BCUT2D eigenvalue weighted by atomic mass is 16.5. The fourth-order valence-electron chi connectivity index (χ4n) is 2.62. The van der Waals surface area contributed by atoms with Crippen molar-refractivity contribution in [1.29, 1.82) is 0 Å². The zero-order chi connectivity index (χ0) is 18.0. The molecule has 130 valence electrons. The van der Waals surface area contributed by atoms with Crippen LogP contribution in [0.2, 0.25) is 0 Å². The third kappa shape index (κ3) is 3.80. The van der Waals surface area contributed by atoms with Gasteiger partial charge in [0.15, 0.2) is 6.10 Å². The van der Waals surface area contributed by atoms with Crippen molar-refractivity contribution < 1.29 is 19.4 Å². The summed E-state index contributed by atoms with van der Waals surface area (Å²) in [5.74, 6) is -0.0490. The lowest BCUT2D eigenvalue weighted by Crippen LogP contribution is -2.53. The summed E-state index contributed by atoms with van der Waals surface area (Å²) in [4.78, 5) is 24.9. The van der Waals surface area contributed by atoms with Gasteiger partial charge in [0.1, 0.15) is 5.75 Å². The summed E-state index contributed by atoms with van der Waals surface area (Å²) in [5.41, 5.74) is 7.64. The Morgan fingerprint density at radius 3 is 2.44 bits per heavy atom. The highest BCUT2D eigenvalue weighted by Gasteiger charge is 2.29. The average Bonchev–Trinajstić information content (AvgIpc) is 2.58. The van der Waals surface area contributed by atoms with Crippen LogP contribution in [0.25, 0.3) is 11.1 Å². The van der Waals surface area contributed by atoms with E-state index in [-0.39, 0.29) is 5.91 Å². The minimum Gasteiger partial charge on any atom is -0.481 e. The van der Waals surface area contributed by atoms with E-state index in [1.165, 1.54) is 0 Å². The van der Waals surface area contributed by atoms with Gasteiger partial charge in [0.2, 0.25) is 0 Å². The standard InChI is InChI=1S/C19H20N2O4/c1-12(18(20)23)25-17-4-2-3-15(9-17)13-5-7-14(8-6-13)19(24)21-10-16(22)11-21/h2-9,12,16,22H,10-11H2,1H3,(H2,20,23). The topological polar surface area (TPSA) is 92.9 Å². The van der Waals surface area contributed by atoms with Gasteiger partial charge in [-0.3, -0.25) is 9.59 Å². The molecule has 1 aliphatic heterocycles. The Balaban J connectivity index is 1.74. The molecule has 3 N–H and O–H groups in total. The summed E-state index contributed by atoms with van der Waals surface area (Å²) >= 11 is 0. The number of nitrogens with zero attached hydrogens (tertiary/aromatic N) is 1. The molecule has 1 aliphatic rings. The number of carbonyl (C=O) groups is 2. The molecule has 0 aliphatic carbocycles. The summed E-state index contributed by atoms with van der Waals surface area (Å²) in [5, 5.41) is 9.29. The molecule has 6 heteroatoms. The molecule has 0 saturated carbocycles. The first-order valence-corrected chi connectivity index (χ1v) is 8.08. The summed E-state index contributed by atoms with van der Waals surface area (Å²) < 4.78 is 5.50. The maximum atomic E-state index is 12.2. The first kappa shape index (κ1) is 17.0. The summed E-state index contributed by atoms with van der Waals surface area (Å²) in [6.45, 7) is 2.37. The maximum absolute atomic E-state index is 12.2. The zero-order valence-electron chi connectivity index (χ0n) is 13.9. The normalized spacial score (nSPS) is 15.4. The average molecular weight is 340 g/mol. The van der Waals surface area contributed by atoms with Gasteiger partial charge >= 0.3 is 0 Å². The van der Waals surface area contributed by atoms with Crippen LogP contribution in [-0.4, -0.2) is 47.1 Å². The Bertz CT molecular complexity index is 782. The second-order valence-electron chi connectivity index (χ2n) is 6.13. The highest BCUT2D eigenvalue weighted by molar-refractivity contribution is 5.95. The van der Waals surface area contributed by atoms with Gasteiger partial charge in [-0.25, -0.2) is 0 Å². The van der Waals surface area contributed by atoms with Crippen LogP contribution >= 0.6 is 0 Å². The van der Waals surface area contributed by atoms with Gasteiger partial charge in [0.05, 0.1) is 6.10 Å². The Labute approximate surface area is 145 Å². The Morgan fingerprint density at radius 2 is 1.84 bits per heavy atom. The molecule has 1 unspecified atom stereocenters. The molecule has 0 radical (unpaired) electrons. The molecule has 1 atom stereocenters. The van der Waals surface area contributed by atoms with Crippen LogP contribution in [-0.2, 0) is 4.79 Å². The lowest BCUT2D eigenvalue weighted by atomic mass is 10.0. The van der Waals surface area contributed by atoms with Crippen LogP contribution in [0.1, 0.15) is 17.3 Å². The molecule has 0 spiro atoms. The van der Waals surface area contributed by atoms with Crippen molar-refractivity contribution in [1.82, 2.24) is 4.90 Å². The Kier molecular flexibility index (Phi) is 4.72. The van der Waals surface area contributed by atoms with E-state index in [0.717, 1.165) is 11.1 Å². The van der Waals surface area contributed by atoms with Gasteiger partial charge in [0, 0.05) is 18.7 Å². The van der Waals surface area contributed by atoms with E-state index < -0.39 is 18.1 Å². The fourth-order valence-corrected chi connectivity index (χ4v) is 2.62. The number of carbonyl (C=O) groups excluding carboxylic acids is 2. The van der Waals surface area contributed by atoms with Crippen LogP contribution in [0.4, 0.5) is 0 Å². The van der Waals surface area contributed by atoms with E-state index in [9.17, 15) is 14.7 Å². The van der Waals surface area contributed by atoms with E-state index in [0.29, 0.717) is 24.4 Å². The molecule has 2 aromatic rings. The van der Waals surface area contributed by atoms with Crippen molar-refractivity contribution in [3.8, 4) is 16.9 Å². The van der Waals surface area contributed by atoms with Crippen molar-refractivity contribution >= 4 is 11.8 Å².